The molecule has 8 heteroatoms. The lowest BCUT2D eigenvalue weighted by atomic mass is 10.0. The highest BCUT2D eigenvalue weighted by Gasteiger charge is 2.26. The second-order valence-electron chi connectivity index (χ2n) is 6.71. The highest BCUT2D eigenvalue weighted by molar-refractivity contribution is 5.93. The van der Waals surface area contributed by atoms with Crippen LogP contribution in [0.1, 0.15) is 32.6 Å². The van der Waals surface area contributed by atoms with E-state index in [1.54, 1.807) is 0 Å². The second kappa shape index (κ2) is 8.98. The lowest BCUT2D eigenvalue weighted by Crippen LogP contribution is -2.52. The molecule has 2 rings (SSSR count). The number of amides is 4. The van der Waals surface area contributed by atoms with E-state index in [0.29, 0.717) is 19.1 Å². The van der Waals surface area contributed by atoms with Crippen molar-refractivity contribution in [2.24, 2.45) is 5.73 Å². The lowest BCUT2D eigenvalue weighted by Gasteiger charge is -2.38. The maximum Gasteiger partial charge on any atom is 0.318 e. The Bertz CT molecular complexity index is 463. The van der Waals surface area contributed by atoms with Gasteiger partial charge in [0.1, 0.15) is 0 Å². The van der Waals surface area contributed by atoms with Crippen molar-refractivity contribution in [1.29, 1.82) is 0 Å². The van der Waals surface area contributed by atoms with Crippen LogP contribution in [0.3, 0.4) is 0 Å². The number of hydrogen-bond acceptors (Lipinski definition) is 5. The Balaban J connectivity index is 1.66. The van der Waals surface area contributed by atoms with Gasteiger partial charge in [-0.1, -0.05) is 0 Å². The van der Waals surface area contributed by atoms with Crippen LogP contribution in [-0.2, 0) is 9.59 Å². The predicted molar refractivity (Wildman–Crippen MR) is 90.2 cm³/mol. The topological polar surface area (TPSA) is 99.0 Å². The van der Waals surface area contributed by atoms with Gasteiger partial charge in [-0.2, -0.15) is 0 Å². The maximum atomic E-state index is 12.4. The number of nitrogens with two attached hydrogens (primary N) is 1. The summed E-state index contributed by atoms with van der Waals surface area (Å²) in [6, 6.07) is -0.452. The second-order valence-corrected chi connectivity index (χ2v) is 6.71. The molecule has 0 aliphatic carbocycles. The number of carbonyl (C=O) groups is 3. The van der Waals surface area contributed by atoms with Gasteiger partial charge in [0.2, 0.25) is 11.8 Å². The third-order valence-electron chi connectivity index (χ3n) is 4.86. The normalized spacial score (nSPS) is 23.0. The van der Waals surface area contributed by atoms with Crippen LogP contribution < -0.4 is 11.1 Å². The molecule has 1 atom stereocenters. The Hall–Kier alpha value is -1.67. The molecule has 0 spiro atoms. The summed E-state index contributed by atoms with van der Waals surface area (Å²) in [6.45, 7) is 7.40. The molecule has 2 aliphatic rings. The van der Waals surface area contributed by atoms with Gasteiger partial charge in [-0.15, -0.1) is 0 Å². The van der Waals surface area contributed by atoms with E-state index in [2.05, 4.69) is 22.0 Å². The van der Waals surface area contributed by atoms with Crippen molar-refractivity contribution < 1.29 is 14.4 Å². The smallest absolute Gasteiger partial charge is 0.318 e. The summed E-state index contributed by atoms with van der Waals surface area (Å²) in [5.74, 6) is -0.115. The minimum Gasteiger partial charge on any atom is -0.351 e. The summed E-state index contributed by atoms with van der Waals surface area (Å²) in [4.78, 5) is 40.8. The number of urea groups is 1. The largest absolute Gasteiger partial charge is 0.351 e. The molecule has 2 fully saturated rings. The van der Waals surface area contributed by atoms with Crippen molar-refractivity contribution in [2.75, 3.05) is 45.8 Å². The molecule has 0 aromatic heterocycles. The third-order valence-corrected chi connectivity index (χ3v) is 4.86. The molecule has 0 aromatic rings. The van der Waals surface area contributed by atoms with Crippen molar-refractivity contribution in [3.8, 4) is 0 Å². The number of rotatable bonds is 5. The van der Waals surface area contributed by atoms with Crippen molar-refractivity contribution >= 4 is 17.8 Å². The van der Waals surface area contributed by atoms with Gasteiger partial charge in [0.05, 0.1) is 6.54 Å². The fourth-order valence-electron chi connectivity index (χ4n) is 3.38. The Kier molecular flexibility index (Phi) is 6.99. The molecule has 136 valence electrons. The van der Waals surface area contributed by atoms with E-state index in [1.807, 2.05) is 4.90 Å². The zero-order chi connectivity index (χ0) is 17.5. The zero-order valence-electron chi connectivity index (χ0n) is 14.5. The summed E-state index contributed by atoms with van der Waals surface area (Å²) >= 11 is 0. The Morgan fingerprint density at radius 2 is 1.71 bits per heavy atom. The summed E-state index contributed by atoms with van der Waals surface area (Å²) in [7, 11) is 0. The number of piperazine rings is 1. The monoisotopic (exact) mass is 339 g/mol. The molecular weight excluding hydrogens is 310 g/mol. The van der Waals surface area contributed by atoms with E-state index in [0.717, 1.165) is 45.6 Å². The molecular formula is C16H29N5O3. The summed E-state index contributed by atoms with van der Waals surface area (Å²) in [5.41, 5.74) is 4.91. The third kappa shape index (κ3) is 5.76. The van der Waals surface area contributed by atoms with Gasteiger partial charge in [0, 0.05) is 51.7 Å². The molecule has 0 unspecified atom stereocenters. The summed E-state index contributed by atoms with van der Waals surface area (Å²) in [6.07, 6.45) is 3.68. The SMILES string of the molecule is C[C@H]1CCCCN1C(=O)CN1CCN(CCC(=O)NC(N)=O)CC1. The predicted octanol–water partition coefficient (Wildman–Crippen LogP) is -0.410. The molecule has 2 heterocycles. The van der Waals surface area contributed by atoms with Crippen LogP contribution in [-0.4, -0.2) is 84.4 Å². The molecule has 4 amide bonds. The standard InChI is InChI=1S/C16H29N5O3/c1-13-4-2-3-6-21(13)15(23)12-20-10-8-19(9-11-20)7-5-14(22)18-16(17)24/h13H,2-12H2,1H3,(H3,17,18,22,24)/t13-/m0/s1. The van der Waals surface area contributed by atoms with Crippen LogP contribution in [0.25, 0.3) is 0 Å². The number of nitrogens with zero attached hydrogens (tertiary/aromatic N) is 3. The van der Waals surface area contributed by atoms with Crippen LogP contribution in [0, 0.1) is 0 Å². The van der Waals surface area contributed by atoms with Crippen LogP contribution in [0.15, 0.2) is 0 Å². The lowest BCUT2D eigenvalue weighted by molar-refractivity contribution is -0.136. The van der Waals surface area contributed by atoms with Crippen LogP contribution in [0.2, 0.25) is 0 Å². The maximum absolute atomic E-state index is 12.4. The van der Waals surface area contributed by atoms with Gasteiger partial charge >= 0.3 is 6.03 Å². The first-order valence-electron chi connectivity index (χ1n) is 8.79. The molecule has 2 aliphatic heterocycles. The van der Waals surface area contributed by atoms with E-state index >= 15 is 0 Å². The number of carbonyl (C=O) groups excluding carboxylic acids is 3. The summed E-state index contributed by atoms with van der Waals surface area (Å²) in [5, 5.41) is 2.07. The minimum absolute atomic E-state index is 0.233. The summed E-state index contributed by atoms with van der Waals surface area (Å²) < 4.78 is 0. The molecule has 24 heavy (non-hydrogen) atoms. The number of nitrogens with one attached hydrogen (secondary N) is 1. The Morgan fingerprint density at radius 1 is 1.04 bits per heavy atom. The highest BCUT2D eigenvalue weighted by atomic mass is 16.2. The van der Waals surface area contributed by atoms with E-state index in [9.17, 15) is 14.4 Å². The van der Waals surface area contributed by atoms with E-state index in [4.69, 9.17) is 5.73 Å². The Labute approximate surface area is 143 Å². The molecule has 8 nitrogen and oxygen atoms in total. The van der Waals surface area contributed by atoms with Gasteiger partial charge in [-0.3, -0.25) is 19.8 Å². The van der Waals surface area contributed by atoms with Crippen LogP contribution in [0.5, 0.6) is 0 Å². The molecule has 2 saturated heterocycles. The molecule has 0 radical (unpaired) electrons. The van der Waals surface area contributed by atoms with Crippen LogP contribution >= 0.6 is 0 Å². The van der Waals surface area contributed by atoms with E-state index < -0.39 is 6.03 Å². The number of piperidine rings is 1. The molecule has 3 N–H and O–H groups in total. The highest BCUT2D eigenvalue weighted by Crippen LogP contribution is 2.17. The molecule has 0 bridgehead atoms. The number of primary amides is 1. The van der Waals surface area contributed by atoms with E-state index in [-0.39, 0.29) is 18.2 Å². The first-order valence-corrected chi connectivity index (χ1v) is 8.79. The number of hydrogen-bond donors (Lipinski definition) is 2. The van der Waals surface area contributed by atoms with Gasteiger partial charge in [-0.25, -0.2) is 4.79 Å². The average molecular weight is 339 g/mol. The fourth-order valence-corrected chi connectivity index (χ4v) is 3.38. The van der Waals surface area contributed by atoms with Gasteiger partial charge in [0.15, 0.2) is 0 Å². The van der Waals surface area contributed by atoms with Crippen molar-refractivity contribution in [3.63, 3.8) is 0 Å². The number of likely N-dealkylation sites (tertiary alicyclic amines) is 1. The number of imide groups is 1. The quantitative estimate of drug-likeness (QED) is 0.709. The minimum atomic E-state index is -0.810. The Morgan fingerprint density at radius 3 is 2.33 bits per heavy atom. The molecule has 0 saturated carbocycles. The molecule has 0 aromatic carbocycles. The van der Waals surface area contributed by atoms with E-state index in [1.165, 1.54) is 6.42 Å². The fraction of sp³-hybridized carbons (Fsp3) is 0.812. The van der Waals surface area contributed by atoms with Crippen molar-refractivity contribution in [2.45, 2.75) is 38.6 Å². The zero-order valence-corrected chi connectivity index (χ0v) is 14.5. The van der Waals surface area contributed by atoms with Gasteiger partial charge in [0.25, 0.3) is 0 Å². The average Bonchev–Trinajstić information content (AvgIpc) is 2.54. The first kappa shape index (κ1) is 18.7. The van der Waals surface area contributed by atoms with Crippen LogP contribution in [0.4, 0.5) is 4.79 Å². The van der Waals surface area contributed by atoms with Gasteiger partial charge in [-0.05, 0) is 26.2 Å². The van der Waals surface area contributed by atoms with Gasteiger partial charge < -0.3 is 15.5 Å². The van der Waals surface area contributed by atoms with Crippen molar-refractivity contribution in [1.82, 2.24) is 20.0 Å². The first-order chi connectivity index (χ1) is 11.5. The van der Waals surface area contributed by atoms with Crippen molar-refractivity contribution in [3.05, 3.63) is 0 Å².